The molecule has 0 atom stereocenters. The summed E-state index contributed by atoms with van der Waals surface area (Å²) in [5.41, 5.74) is 14.6. The summed E-state index contributed by atoms with van der Waals surface area (Å²) < 4.78 is 10.2. The van der Waals surface area contributed by atoms with E-state index in [0.29, 0.717) is 0 Å². The molecular formula is C68H56N4Si. The van der Waals surface area contributed by atoms with Crippen LogP contribution in [0.2, 0.25) is 12.1 Å². The number of aromatic nitrogens is 4. The first-order chi connectivity index (χ1) is 36.1. The zero-order valence-corrected chi connectivity index (χ0v) is 42.5. The molecule has 0 aliphatic heterocycles. The molecule has 5 heteroatoms. The van der Waals surface area contributed by atoms with Gasteiger partial charge >= 0.3 is 0 Å². The third-order valence-electron chi connectivity index (χ3n) is 16.2. The van der Waals surface area contributed by atoms with Crippen molar-refractivity contribution in [1.82, 2.24) is 18.3 Å². The Morgan fingerprint density at radius 1 is 0.260 bits per heavy atom. The molecule has 4 nitrogen and oxygen atoms in total. The van der Waals surface area contributed by atoms with E-state index < -0.39 is 8.07 Å². The number of para-hydroxylation sites is 8. The van der Waals surface area contributed by atoms with Crippen molar-refractivity contribution >= 4 is 106 Å². The summed E-state index contributed by atoms with van der Waals surface area (Å²) in [6, 6.07) is 89.8. The van der Waals surface area contributed by atoms with Gasteiger partial charge in [0, 0.05) is 65.8 Å². The van der Waals surface area contributed by atoms with Gasteiger partial charge in [-0.25, -0.2) is 0 Å². The summed E-state index contributed by atoms with van der Waals surface area (Å²) >= 11 is 0. The van der Waals surface area contributed by atoms with Crippen LogP contribution in [0.15, 0.2) is 231 Å². The third-order valence-corrected chi connectivity index (χ3v) is 21.4. The van der Waals surface area contributed by atoms with Gasteiger partial charge in [-0.15, -0.1) is 0 Å². The summed E-state index contributed by atoms with van der Waals surface area (Å²) in [6.45, 7) is 4.77. The molecule has 0 radical (unpaired) electrons. The lowest BCUT2D eigenvalue weighted by Gasteiger charge is -2.35. The monoisotopic (exact) mass is 956 g/mol. The molecule has 0 amide bonds. The van der Waals surface area contributed by atoms with E-state index in [1.165, 1.54) is 120 Å². The molecule has 0 aliphatic rings. The van der Waals surface area contributed by atoms with Gasteiger partial charge in [0.15, 0.2) is 0 Å². The van der Waals surface area contributed by atoms with Gasteiger partial charge in [0.05, 0.1) is 44.1 Å². The second kappa shape index (κ2) is 17.4. The minimum atomic E-state index is -2.76. The smallest absolute Gasteiger partial charge is 0.118 e. The first-order valence-corrected chi connectivity index (χ1v) is 28.8. The maximum absolute atomic E-state index is 2.76. The van der Waals surface area contributed by atoms with E-state index in [2.05, 4.69) is 263 Å². The Balaban J connectivity index is 1.14. The largest absolute Gasteiger partial charge is 0.309 e. The Bertz CT molecular complexity index is 3680. The average molecular weight is 957 g/mol. The van der Waals surface area contributed by atoms with Crippen molar-refractivity contribution in [1.29, 1.82) is 0 Å². The lowest BCUT2D eigenvalue weighted by atomic mass is 10.2. The summed E-state index contributed by atoms with van der Waals surface area (Å²) in [5.74, 6) is 0. The lowest BCUT2D eigenvalue weighted by Crippen LogP contribution is -2.58. The fraction of sp³-hybridized carbons (Fsp3) is 0.118. The van der Waals surface area contributed by atoms with E-state index in [0.717, 1.165) is 37.8 Å². The minimum absolute atomic E-state index is 1.12. The molecule has 352 valence electrons. The fourth-order valence-corrected chi connectivity index (χ4v) is 18.2. The topological polar surface area (TPSA) is 19.7 Å². The van der Waals surface area contributed by atoms with Crippen LogP contribution >= 0.6 is 0 Å². The highest BCUT2D eigenvalue weighted by atomic mass is 28.3. The van der Waals surface area contributed by atoms with Crippen LogP contribution in [0, 0.1) is 0 Å². The van der Waals surface area contributed by atoms with Crippen LogP contribution < -0.4 is 10.4 Å². The molecule has 0 bridgehead atoms. The highest BCUT2D eigenvalue weighted by Crippen LogP contribution is 2.39. The Kier molecular flexibility index (Phi) is 10.4. The van der Waals surface area contributed by atoms with Crippen LogP contribution in [-0.2, 0) is 0 Å². The molecule has 14 aromatic rings. The van der Waals surface area contributed by atoms with Crippen LogP contribution in [0.5, 0.6) is 0 Å². The van der Waals surface area contributed by atoms with Gasteiger partial charge in [0.25, 0.3) is 0 Å². The van der Waals surface area contributed by atoms with E-state index in [9.17, 15) is 0 Å². The number of hydrogen-bond acceptors (Lipinski definition) is 0. The van der Waals surface area contributed by atoms with Gasteiger partial charge in [-0.2, -0.15) is 0 Å². The van der Waals surface area contributed by atoms with Crippen molar-refractivity contribution in [3.05, 3.63) is 231 Å². The highest BCUT2D eigenvalue weighted by molar-refractivity contribution is 7.02. The van der Waals surface area contributed by atoms with E-state index in [1.54, 1.807) is 0 Å². The van der Waals surface area contributed by atoms with Crippen molar-refractivity contribution in [2.45, 2.75) is 51.6 Å². The van der Waals surface area contributed by atoms with Gasteiger partial charge in [-0.05, 0) is 107 Å². The van der Waals surface area contributed by atoms with E-state index >= 15 is 0 Å². The zero-order valence-electron chi connectivity index (χ0n) is 41.5. The molecule has 0 N–H and O–H groups in total. The molecule has 0 unspecified atom stereocenters. The summed E-state index contributed by atoms with van der Waals surface area (Å²) in [5, 5.41) is 13.2. The molecule has 0 aliphatic carbocycles. The zero-order chi connectivity index (χ0) is 48.6. The van der Waals surface area contributed by atoms with Crippen LogP contribution in [0.1, 0.15) is 39.5 Å². The SMILES string of the molecule is CCCC[Si](CCCC)(c1cc(-n2c3ccccc3c3ccccc32)cc(-n2c3ccccc3c3ccccc32)c1)c1cc(-n2c3ccccc3c3ccccc32)cc(-n2c3ccccc3c3ccccc32)c1. The molecule has 4 aromatic heterocycles. The Labute approximate surface area is 426 Å². The molecule has 0 spiro atoms. The lowest BCUT2D eigenvalue weighted by molar-refractivity contribution is 0.837. The van der Waals surface area contributed by atoms with Crippen LogP contribution in [-0.4, -0.2) is 26.3 Å². The average Bonchev–Trinajstić information content (AvgIpc) is 4.18. The van der Waals surface area contributed by atoms with Gasteiger partial charge in [-0.1, -0.05) is 185 Å². The maximum atomic E-state index is 2.64. The summed E-state index contributed by atoms with van der Waals surface area (Å²) in [7, 11) is -2.76. The predicted octanol–water partition coefficient (Wildman–Crippen LogP) is 17.2. The van der Waals surface area contributed by atoms with Crippen molar-refractivity contribution in [3.8, 4) is 22.7 Å². The molecule has 0 saturated carbocycles. The number of unbranched alkanes of at least 4 members (excludes halogenated alkanes) is 2. The molecular weight excluding hydrogens is 901 g/mol. The van der Waals surface area contributed by atoms with Crippen molar-refractivity contribution in [3.63, 3.8) is 0 Å². The van der Waals surface area contributed by atoms with Crippen molar-refractivity contribution < 1.29 is 0 Å². The molecule has 73 heavy (non-hydrogen) atoms. The number of fused-ring (bicyclic) bond motifs is 12. The van der Waals surface area contributed by atoms with Gasteiger partial charge in [-0.3, -0.25) is 0 Å². The van der Waals surface area contributed by atoms with Crippen molar-refractivity contribution in [2.75, 3.05) is 0 Å². The van der Waals surface area contributed by atoms with Crippen LogP contribution in [0.3, 0.4) is 0 Å². The summed E-state index contributed by atoms with van der Waals surface area (Å²) in [4.78, 5) is 0. The van der Waals surface area contributed by atoms with E-state index in [1.807, 2.05) is 0 Å². The number of hydrogen-bond donors (Lipinski definition) is 0. The summed E-state index contributed by atoms with van der Waals surface area (Å²) in [6.07, 6.45) is 4.54. The van der Waals surface area contributed by atoms with E-state index in [-0.39, 0.29) is 0 Å². The number of benzene rings is 10. The fourth-order valence-electron chi connectivity index (χ4n) is 12.9. The second-order valence-electron chi connectivity index (χ2n) is 20.2. The standard InChI is InChI=1S/C68H56N4Si/c1-3-5-39-73(40-6-4-2,51-43-47(69-61-31-15-7-23-53(61)54-24-8-16-32-62(54)69)41-48(44-51)70-63-33-17-9-25-55(63)56-26-10-18-34-64(56)70)52-45-49(71-65-35-19-11-27-57(65)58-28-12-20-36-66(58)71)42-50(46-52)72-67-37-21-13-29-59(67)60-30-14-22-38-68(60)72/h7-38,41-46H,3-6,39-40H2,1-2H3. The molecule has 14 rings (SSSR count). The molecule has 4 heterocycles. The molecule has 0 fully saturated rings. The van der Waals surface area contributed by atoms with Crippen LogP contribution in [0.4, 0.5) is 0 Å². The quantitative estimate of drug-likeness (QED) is 0.109. The number of rotatable bonds is 12. The number of nitrogens with zero attached hydrogens (tertiary/aromatic N) is 4. The van der Waals surface area contributed by atoms with Gasteiger partial charge < -0.3 is 18.3 Å². The Morgan fingerprint density at radius 2 is 0.452 bits per heavy atom. The van der Waals surface area contributed by atoms with E-state index in [4.69, 9.17) is 0 Å². The molecule has 0 saturated heterocycles. The van der Waals surface area contributed by atoms with Gasteiger partial charge in [0.2, 0.25) is 0 Å². The Morgan fingerprint density at radius 3 is 0.644 bits per heavy atom. The van der Waals surface area contributed by atoms with Crippen LogP contribution in [0.25, 0.3) is 110 Å². The predicted molar refractivity (Wildman–Crippen MR) is 315 cm³/mol. The van der Waals surface area contributed by atoms with Gasteiger partial charge in [0.1, 0.15) is 8.07 Å². The first kappa shape index (κ1) is 43.4. The molecule has 10 aromatic carbocycles. The highest BCUT2D eigenvalue weighted by Gasteiger charge is 2.38. The van der Waals surface area contributed by atoms with Crippen molar-refractivity contribution in [2.24, 2.45) is 0 Å². The third kappa shape index (κ3) is 6.72. The Hall–Kier alpha value is -8.38. The first-order valence-electron chi connectivity index (χ1n) is 26.4. The maximum Gasteiger partial charge on any atom is 0.118 e. The normalized spacial score (nSPS) is 12.3. The minimum Gasteiger partial charge on any atom is -0.309 e. The second-order valence-corrected chi connectivity index (χ2v) is 24.6.